The molecule has 34 heavy (non-hydrogen) atoms. The Hall–Kier alpha value is -2.96. The van der Waals surface area contributed by atoms with Gasteiger partial charge in [0.2, 0.25) is 0 Å². The number of methoxy groups -OCH3 is 1. The molecule has 1 aliphatic heterocycles. The van der Waals surface area contributed by atoms with Gasteiger partial charge in [-0.2, -0.15) is 0 Å². The van der Waals surface area contributed by atoms with Gasteiger partial charge in [0.1, 0.15) is 18.3 Å². The molecule has 5 nitrogen and oxygen atoms in total. The van der Waals surface area contributed by atoms with Gasteiger partial charge in [-0.05, 0) is 16.7 Å². The van der Waals surface area contributed by atoms with Crippen molar-refractivity contribution in [3.05, 3.63) is 120 Å². The molecule has 0 unspecified atom stereocenters. The van der Waals surface area contributed by atoms with Crippen molar-refractivity contribution in [3.8, 4) is 0 Å². The fourth-order valence-corrected chi connectivity index (χ4v) is 3.93. The molecule has 0 N–H and O–H groups in total. The Morgan fingerprint density at radius 2 is 1.18 bits per heavy atom. The molecule has 1 aliphatic rings. The van der Waals surface area contributed by atoms with Crippen LogP contribution in [0.4, 0.5) is 0 Å². The molecule has 0 aliphatic carbocycles. The quantitative estimate of drug-likeness (QED) is 0.367. The Balaban J connectivity index is 1.48. The van der Waals surface area contributed by atoms with Crippen molar-refractivity contribution in [2.75, 3.05) is 20.3 Å². The van der Waals surface area contributed by atoms with E-state index in [-0.39, 0.29) is 18.3 Å². The Morgan fingerprint density at radius 3 is 1.74 bits per heavy atom. The summed E-state index contributed by atoms with van der Waals surface area (Å²) < 4.78 is 30.4. The Morgan fingerprint density at radius 1 is 0.647 bits per heavy atom. The molecule has 0 radical (unpaired) electrons. The summed E-state index contributed by atoms with van der Waals surface area (Å²) in [5.74, 6) is 0. The largest absolute Gasteiger partial charge is 0.493 e. The van der Waals surface area contributed by atoms with Crippen molar-refractivity contribution < 1.29 is 23.7 Å². The molecular weight excluding hydrogens is 428 g/mol. The zero-order valence-corrected chi connectivity index (χ0v) is 19.5. The second kappa shape index (κ2) is 13.1. The fraction of sp³-hybridized carbons (Fsp3) is 0.310. The molecule has 0 saturated carbocycles. The van der Waals surface area contributed by atoms with Crippen LogP contribution in [0.5, 0.6) is 0 Å². The summed E-state index contributed by atoms with van der Waals surface area (Å²) in [5, 5.41) is 0. The van der Waals surface area contributed by atoms with Crippen molar-refractivity contribution in [2.45, 2.75) is 38.1 Å². The van der Waals surface area contributed by atoms with Crippen LogP contribution in [0, 0.1) is 0 Å². The van der Waals surface area contributed by atoms with E-state index < -0.39 is 0 Å². The number of hydrogen-bond donors (Lipinski definition) is 0. The third-order valence-electron chi connectivity index (χ3n) is 5.69. The zero-order chi connectivity index (χ0) is 23.4. The Labute approximate surface area is 201 Å². The highest BCUT2D eigenvalue weighted by Gasteiger charge is 2.38. The summed E-state index contributed by atoms with van der Waals surface area (Å²) in [6.45, 7) is 2.22. The van der Waals surface area contributed by atoms with Crippen molar-refractivity contribution in [2.24, 2.45) is 0 Å². The molecule has 4 rings (SSSR count). The lowest BCUT2D eigenvalue weighted by Crippen LogP contribution is -2.48. The smallest absolute Gasteiger partial charge is 0.150 e. The summed E-state index contributed by atoms with van der Waals surface area (Å²) in [7, 11) is 1.67. The van der Waals surface area contributed by atoms with Crippen molar-refractivity contribution in [1.82, 2.24) is 0 Å². The summed E-state index contributed by atoms with van der Waals surface area (Å²) >= 11 is 0. The average molecular weight is 461 g/mol. The molecule has 1 heterocycles. The van der Waals surface area contributed by atoms with Gasteiger partial charge < -0.3 is 23.7 Å². The van der Waals surface area contributed by atoms with E-state index in [0.29, 0.717) is 33.0 Å². The van der Waals surface area contributed by atoms with Crippen LogP contribution in [0.3, 0.4) is 0 Å². The van der Waals surface area contributed by atoms with E-state index in [1.54, 1.807) is 13.4 Å². The van der Waals surface area contributed by atoms with E-state index in [1.165, 1.54) is 0 Å². The summed E-state index contributed by atoms with van der Waals surface area (Å²) in [4.78, 5) is 0. The monoisotopic (exact) mass is 460 g/mol. The van der Waals surface area contributed by atoms with Crippen LogP contribution in [0.15, 0.2) is 103 Å². The maximum absolute atomic E-state index is 6.44. The van der Waals surface area contributed by atoms with Crippen LogP contribution < -0.4 is 0 Å². The van der Waals surface area contributed by atoms with Gasteiger partial charge in [-0.1, -0.05) is 91.0 Å². The van der Waals surface area contributed by atoms with Crippen LogP contribution in [0.2, 0.25) is 0 Å². The van der Waals surface area contributed by atoms with Crippen LogP contribution >= 0.6 is 0 Å². The van der Waals surface area contributed by atoms with Gasteiger partial charge in [-0.3, -0.25) is 0 Å². The molecule has 3 atom stereocenters. The molecule has 0 amide bonds. The molecule has 0 saturated heterocycles. The first-order valence-corrected chi connectivity index (χ1v) is 11.6. The average Bonchev–Trinajstić information content (AvgIpc) is 2.89. The molecule has 0 bridgehead atoms. The van der Waals surface area contributed by atoms with Crippen molar-refractivity contribution in [3.63, 3.8) is 0 Å². The van der Waals surface area contributed by atoms with Gasteiger partial charge in [-0.15, -0.1) is 0 Å². The molecular formula is C29H32O5. The van der Waals surface area contributed by atoms with Gasteiger partial charge in [0.15, 0.2) is 0 Å². The van der Waals surface area contributed by atoms with E-state index in [1.807, 2.05) is 66.7 Å². The minimum absolute atomic E-state index is 0.311. The predicted molar refractivity (Wildman–Crippen MR) is 131 cm³/mol. The molecule has 3 aromatic rings. The minimum Gasteiger partial charge on any atom is -0.493 e. The van der Waals surface area contributed by atoms with Gasteiger partial charge >= 0.3 is 0 Å². The van der Waals surface area contributed by atoms with Crippen LogP contribution in [0.25, 0.3) is 0 Å². The maximum atomic E-state index is 6.44. The van der Waals surface area contributed by atoms with Gasteiger partial charge in [0, 0.05) is 12.7 Å². The lowest BCUT2D eigenvalue weighted by atomic mass is 9.98. The number of rotatable bonds is 12. The number of benzene rings is 3. The van der Waals surface area contributed by atoms with E-state index >= 15 is 0 Å². The summed E-state index contributed by atoms with van der Waals surface area (Å²) in [5.41, 5.74) is 4.23. The summed E-state index contributed by atoms with van der Waals surface area (Å²) in [6.07, 6.45) is 0.768. The molecule has 5 heteroatoms. The van der Waals surface area contributed by atoms with E-state index in [4.69, 9.17) is 23.7 Å². The van der Waals surface area contributed by atoms with Gasteiger partial charge in [0.05, 0.1) is 39.3 Å². The predicted octanol–water partition coefficient (Wildman–Crippen LogP) is 5.30. The first kappa shape index (κ1) is 24.2. The maximum Gasteiger partial charge on any atom is 0.150 e. The van der Waals surface area contributed by atoms with Crippen molar-refractivity contribution >= 4 is 0 Å². The lowest BCUT2D eigenvalue weighted by Gasteiger charge is -2.37. The van der Waals surface area contributed by atoms with E-state index in [2.05, 4.69) is 24.3 Å². The highest BCUT2D eigenvalue weighted by Crippen LogP contribution is 2.27. The highest BCUT2D eigenvalue weighted by atomic mass is 16.6. The third kappa shape index (κ3) is 7.02. The van der Waals surface area contributed by atoms with E-state index in [9.17, 15) is 0 Å². The van der Waals surface area contributed by atoms with Crippen LogP contribution in [-0.4, -0.2) is 38.6 Å². The van der Waals surface area contributed by atoms with E-state index in [0.717, 1.165) is 22.3 Å². The second-order valence-electron chi connectivity index (χ2n) is 8.28. The number of ether oxygens (including phenoxy) is 5. The fourth-order valence-electron chi connectivity index (χ4n) is 3.93. The molecule has 178 valence electrons. The second-order valence-corrected chi connectivity index (χ2v) is 8.28. The molecule has 3 aromatic carbocycles. The molecule has 0 fully saturated rings. The normalized spacial score (nSPS) is 19.9. The highest BCUT2D eigenvalue weighted by molar-refractivity contribution is 5.18. The standard InChI is InChI=1S/C29H32O5/c1-30-20-26-21-32-27(22-31-17-23-11-5-2-6-12-23)29(34-19-25-15-9-4-10-16-25)28(26)33-18-24-13-7-3-8-14-24/h2-16,21,27-29H,17-20,22H2,1H3/t27-,28-,29-/m1/s1. The van der Waals surface area contributed by atoms with Crippen molar-refractivity contribution in [1.29, 1.82) is 0 Å². The van der Waals surface area contributed by atoms with Gasteiger partial charge in [-0.25, -0.2) is 0 Å². The van der Waals surface area contributed by atoms with Crippen LogP contribution in [-0.2, 0) is 43.5 Å². The first-order chi connectivity index (χ1) is 16.8. The molecule has 0 aromatic heterocycles. The van der Waals surface area contributed by atoms with Gasteiger partial charge in [0.25, 0.3) is 0 Å². The number of hydrogen-bond acceptors (Lipinski definition) is 5. The topological polar surface area (TPSA) is 46.2 Å². The zero-order valence-electron chi connectivity index (χ0n) is 19.5. The summed E-state index contributed by atoms with van der Waals surface area (Å²) in [6, 6.07) is 30.4. The minimum atomic E-state index is -0.352. The van der Waals surface area contributed by atoms with Crippen LogP contribution in [0.1, 0.15) is 16.7 Å². The third-order valence-corrected chi connectivity index (χ3v) is 5.69. The Kier molecular flexibility index (Phi) is 9.29. The SMILES string of the molecule is COCC1=CO[C@H](COCc2ccccc2)[C@@H](OCc2ccccc2)[C@@H]1OCc1ccccc1. The first-order valence-electron chi connectivity index (χ1n) is 11.6. The lowest BCUT2D eigenvalue weighted by molar-refractivity contribution is -0.154. The molecule has 0 spiro atoms. The Bertz CT molecular complexity index is 991.